The van der Waals surface area contributed by atoms with Crippen LogP contribution >= 0.6 is 0 Å². The van der Waals surface area contributed by atoms with Gasteiger partial charge in [0.05, 0.1) is 11.3 Å². The van der Waals surface area contributed by atoms with Crippen LogP contribution in [0.1, 0.15) is 35.2 Å². The lowest BCUT2D eigenvalue weighted by Gasteiger charge is -2.19. The van der Waals surface area contributed by atoms with Crippen molar-refractivity contribution in [2.24, 2.45) is 0 Å². The number of hydrogen-bond acceptors (Lipinski definition) is 5. The molecule has 1 fully saturated rings. The zero-order chi connectivity index (χ0) is 16.2. The van der Waals surface area contributed by atoms with Crippen LogP contribution in [0, 0.1) is 0 Å². The third-order valence-corrected chi connectivity index (χ3v) is 3.71. The Morgan fingerprint density at radius 1 is 1.22 bits per heavy atom. The van der Waals surface area contributed by atoms with Gasteiger partial charge in [-0.2, -0.15) is 4.89 Å². The molecule has 0 radical (unpaired) electrons. The second-order valence-electron chi connectivity index (χ2n) is 5.18. The minimum absolute atomic E-state index is 0.00357. The Morgan fingerprint density at radius 3 is 2.70 bits per heavy atom. The average molecular weight is 315 g/mol. The van der Waals surface area contributed by atoms with Crippen molar-refractivity contribution in [2.75, 3.05) is 5.23 Å². The van der Waals surface area contributed by atoms with Crippen LogP contribution in [0.2, 0.25) is 0 Å². The maximum atomic E-state index is 11.0. The van der Waals surface area contributed by atoms with E-state index in [9.17, 15) is 4.79 Å². The predicted molar refractivity (Wildman–Crippen MR) is 82.4 cm³/mol. The minimum Gasteiger partial charge on any atom is -0.478 e. The van der Waals surface area contributed by atoms with Gasteiger partial charge in [0.1, 0.15) is 0 Å². The Bertz CT molecular complexity index is 676. The fourth-order valence-electron chi connectivity index (χ4n) is 2.49. The zero-order valence-electron chi connectivity index (χ0n) is 12.6. The summed E-state index contributed by atoms with van der Waals surface area (Å²) in [5.74, 6) is -1.01. The first-order chi connectivity index (χ1) is 11.2. The van der Waals surface area contributed by atoms with Crippen LogP contribution < -0.4 is 5.23 Å². The number of carboxylic acid groups (broad SMARTS) is 1. The van der Waals surface area contributed by atoms with E-state index in [1.54, 1.807) is 12.1 Å². The van der Waals surface area contributed by atoms with E-state index < -0.39 is 12.3 Å². The molecule has 1 saturated heterocycles. The molecule has 2 aromatic rings. The van der Waals surface area contributed by atoms with Crippen LogP contribution in [-0.2, 0) is 14.7 Å². The van der Waals surface area contributed by atoms with Gasteiger partial charge in [0.25, 0.3) is 0 Å². The number of anilines is 1. The molecule has 1 N–H and O–H groups in total. The lowest BCUT2D eigenvalue weighted by Crippen LogP contribution is -2.22. The van der Waals surface area contributed by atoms with Gasteiger partial charge in [0.2, 0.25) is 6.29 Å². The van der Waals surface area contributed by atoms with Crippen molar-refractivity contribution in [3.05, 3.63) is 65.7 Å². The highest BCUT2D eigenvalue weighted by Gasteiger charge is 2.34. The van der Waals surface area contributed by atoms with Crippen molar-refractivity contribution >= 4 is 11.7 Å². The number of rotatable bonds is 5. The molecule has 1 aliphatic heterocycles. The maximum absolute atomic E-state index is 11.0. The summed E-state index contributed by atoms with van der Waals surface area (Å²) in [6, 6.07) is 16.1. The monoisotopic (exact) mass is 315 g/mol. The number of carboxylic acids is 1. The average Bonchev–Trinajstić information content (AvgIpc) is 3.06. The molecule has 0 aliphatic carbocycles. The molecule has 1 aliphatic rings. The number of aromatic carboxylic acids is 1. The van der Waals surface area contributed by atoms with Crippen LogP contribution in [0.15, 0.2) is 54.6 Å². The van der Waals surface area contributed by atoms with E-state index in [4.69, 9.17) is 19.8 Å². The first kappa shape index (κ1) is 15.5. The van der Waals surface area contributed by atoms with Crippen molar-refractivity contribution in [2.45, 2.75) is 25.6 Å². The molecule has 0 aromatic heterocycles. The van der Waals surface area contributed by atoms with Gasteiger partial charge in [0.15, 0.2) is 0 Å². The summed E-state index contributed by atoms with van der Waals surface area (Å²) in [5.41, 5.74) is 1.69. The first-order valence-electron chi connectivity index (χ1n) is 7.37. The molecule has 6 heteroatoms. The topological polar surface area (TPSA) is 68.2 Å². The summed E-state index contributed by atoms with van der Waals surface area (Å²) in [6.45, 7) is 2.04. The third-order valence-electron chi connectivity index (χ3n) is 3.71. The quantitative estimate of drug-likeness (QED) is 0.852. The molecule has 1 heterocycles. The van der Waals surface area contributed by atoms with Crippen LogP contribution in [-0.4, -0.2) is 17.4 Å². The standard InChI is InChI=1S/C17H17NO5/c1-2-15(12-7-4-3-5-8-12)17-21-18(23-22-17)14-10-6-9-13(11-14)16(19)20/h3-11,15,17H,2H2,1H3,(H,19,20). The molecule has 0 bridgehead atoms. The van der Waals surface area contributed by atoms with Crippen LogP contribution in [0.25, 0.3) is 0 Å². The van der Waals surface area contributed by atoms with E-state index >= 15 is 0 Å². The highest BCUT2D eigenvalue weighted by Crippen LogP contribution is 2.33. The summed E-state index contributed by atoms with van der Waals surface area (Å²) in [6.07, 6.45) is 0.206. The Labute approximate surface area is 133 Å². The van der Waals surface area contributed by atoms with Crippen molar-refractivity contribution in [3.63, 3.8) is 0 Å². The van der Waals surface area contributed by atoms with E-state index in [2.05, 4.69) is 0 Å². The number of hydrogen-bond donors (Lipinski definition) is 1. The molecular formula is C17H17NO5. The van der Waals surface area contributed by atoms with Crippen LogP contribution in [0.4, 0.5) is 5.69 Å². The Kier molecular flexibility index (Phi) is 4.57. The second kappa shape index (κ2) is 6.78. The second-order valence-corrected chi connectivity index (χ2v) is 5.18. The maximum Gasteiger partial charge on any atom is 0.335 e. The van der Waals surface area contributed by atoms with Gasteiger partial charge < -0.3 is 5.11 Å². The molecule has 3 rings (SSSR count). The van der Waals surface area contributed by atoms with Gasteiger partial charge in [-0.1, -0.05) is 53.5 Å². The van der Waals surface area contributed by atoms with Crippen molar-refractivity contribution < 1.29 is 24.6 Å². The van der Waals surface area contributed by atoms with Crippen molar-refractivity contribution in [1.82, 2.24) is 0 Å². The summed E-state index contributed by atoms with van der Waals surface area (Å²) in [4.78, 5) is 27.1. The first-order valence-corrected chi connectivity index (χ1v) is 7.37. The lowest BCUT2D eigenvalue weighted by atomic mass is 9.96. The van der Waals surface area contributed by atoms with Gasteiger partial charge in [-0.15, -0.1) is 0 Å². The molecule has 2 aromatic carbocycles. The molecule has 0 saturated carbocycles. The molecule has 23 heavy (non-hydrogen) atoms. The van der Waals surface area contributed by atoms with Gasteiger partial charge in [-0.05, 0) is 30.2 Å². The molecule has 2 atom stereocenters. The van der Waals surface area contributed by atoms with Gasteiger partial charge in [-0.25, -0.2) is 9.63 Å². The van der Waals surface area contributed by atoms with Crippen molar-refractivity contribution in [3.8, 4) is 0 Å². The Balaban J connectivity index is 1.75. The van der Waals surface area contributed by atoms with Crippen LogP contribution in [0.5, 0.6) is 0 Å². The van der Waals surface area contributed by atoms with E-state index in [1.807, 2.05) is 37.3 Å². The molecule has 0 amide bonds. The Hall–Kier alpha value is -2.41. The minimum atomic E-state index is -1.01. The highest BCUT2D eigenvalue weighted by molar-refractivity contribution is 5.88. The predicted octanol–water partition coefficient (Wildman–Crippen LogP) is 3.52. The normalized spacial score (nSPS) is 18.8. The number of carbonyl (C=O) groups is 1. The smallest absolute Gasteiger partial charge is 0.335 e. The van der Waals surface area contributed by atoms with Gasteiger partial charge >= 0.3 is 5.97 Å². The van der Waals surface area contributed by atoms with E-state index in [0.717, 1.165) is 17.2 Å². The summed E-state index contributed by atoms with van der Waals surface area (Å²) in [5, 5.41) is 10.1. The molecular weight excluding hydrogens is 298 g/mol. The fraction of sp³-hybridized carbons (Fsp3) is 0.235. The Morgan fingerprint density at radius 2 is 2.00 bits per heavy atom. The SMILES string of the molecule is CCC(c1ccccc1)C1OON(c2cccc(C(=O)O)c2)O1. The van der Waals surface area contributed by atoms with E-state index in [1.165, 1.54) is 12.1 Å². The third kappa shape index (κ3) is 3.34. The van der Waals surface area contributed by atoms with Gasteiger partial charge in [-0.3, -0.25) is 0 Å². The zero-order valence-corrected chi connectivity index (χ0v) is 12.6. The van der Waals surface area contributed by atoms with Crippen molar-refractivity contribution in [1.29, 1.82) is 0 Å². The molecule has 6 nitrogen and oxygen atoms in total. The molecule has 120 valence electrons. The summed E-state index contributed by atoms with van der Waals surface area (Å²) in [7, 11) is 0. The highest BCUT2D eigenvalue weighted by atomic mass is 17.4. The largest absolute Gasteiger partial charge is 0.478 e. The van der Waals surface area contributed by atoms with E-state index in [-0.39, 0.29) is 11.5 Å². The molecule has 0 spiro atoms. The summed E-state index contributed by atoms with van der Waals surface area (Å²) >= 11 is 0. The number of benzene rings is 2. The summed E-state index contributed by atoms with van der Waals surface area (Å²) < 4.78 is 0. The van der Waals surface area contributed by atoms with Crippen LogP contribution in [0.3, 0.4) is 0 Å². The lowest BCUT2D eigenvalue weighted by molar-refractivity contribution is -0.288. The van der Waals surface area contributed by atoms with Gasteiger partial charge in [0, 0.05) is 5.92 Å². The number of nitrogens with zero attached hydrogens (tertiary/aromatic N) is 1. The van der Waals surface area contributed by atoms with E-state index in [0.29, 0.717) is 5.69 Å². The molecule has 2 unspecified atom stereocenters. The fourth-order valence-corrected chi connectivity index (χ4v) is 2.49.